The Morgan fingerprint density at radius 3 is 1.82 bits per heavy atom. The van der Waals surface area contributed by atoms with Crippen LogP contribution in [0.25, 0.3) is 122 Å². The molecule has 0 fully saturated rings. The first-order valence-electron chi connectivity index (χ1n) is 20.5. The second-order valence-electron chi connectivity index (χ2n) is 15.6. The van der Waals surface area contributed by atoms with Gasteiger partial charge in [-0.1, -0.05) is 146 Å². The van der Waals surface area contributed by atoms with E-state index in [4.69, 9.17) is 19.4 Å². The summed E-state index contributed by atoms with van der Waals surface area (Å²) in [5, 5.41) is 7.65. The molecule has 0 aliphatic heterocycles. The minimum Gasteiger partial charge on any atom is -0.456 e. The van der Waals surface area contributed by atoms with Crippen LogP contribution in [0.5, 0.6) is 0 Å². The summed E-state index contributed by atoms with van der Waals surface area (Å²) in [5.74, 6) is 1.45. The molecule has 0 spiro atoms. The lowest BCUT2D eigenvalue weighted by atomic mass is 10.0. The molecule has 0 saturated heterocycles. The molecule has 13 rings (SSSR count). The predicted molar refractivity (Wildman–Crippen MR) is 250 cm³/mol. The smallest absolute Gasteiger partial charge is 0.235 e. The first-order chi connectivity index (χ1) is 30.2. The molecule has 13 aromatic rings. The van der Waals surface area contributed by atoms with E-state index in [9.17, 15) is 0 Å². The minimum atomic E-state index is 0.601. The lowest BCUT2D eigenvalue weighted by Crippen LogP contribution is -2.04. The number of hydrogen-bond donors (Lipinski definition) is 0. The third kappa shape index (κ3) is 5.12. The van der Waals surface area contributed by atoms with Gasteiger partial charge in [0.1, 0.15) is 17.0 Å². The molecule has 0 aliphatic rings. The van der Waals surface area contributed by atoms with Crippen LogP contribution in [-0.2, 0) is 0 Å². The average molecular weight is 780 g/mol. The highest BCUT2D eigenvalue weighted by atomic mass is 16.3. The van der Waals surface area contributed by atoms with Crippen LogP contribution in [0.4, 0.5) is 0 Å². The number of furan rings is 1. The maximum absolute atomic E-state index is 6.38. The summed E-state index contributed by atoms with van der Waals surface area (Å²) in [6, 6.07) is 70.0. The van der Waals surface area contributed by atoms with E-state index in [1.54, 1.807) is 0 Å². The summed E-state index contributed by atoms with van der Waals surface area (Å²) < 4.78 is 11.0. The Labute approximate surface area is 349 Å². The molecule has 0 radical (unpaired) electrons. The topological polar surface area (TPSA) is 61.7 Å². The van der Waals surface area contributed by atoms with Gasteiger partial charge in [-0.25, -0.2) is 15.0 Å². The highest BCUT2D eigenvalue weighted by molar-refractivity contribution is 6.26. The Morgan fingerprint density at radius 2 is 1.00 bits per heavy atom. The average Bonchev–Trinajstić information content (AvgIpc) is 3.99. The fourth-order valence-electron chi connectivity index (χ4n) is 9.41. The van der Waals surface area contributed by atoms with E-state index in [1.807, 2.05) is 24.3 Å². The van der Waals surface area contributed by atoms with Crippen LogP contribution in [-0.4, -0.2) is 24.1 Å². The molecule has 6 nitrogen and oxygen atoms in total. The highest BCUT2D eigenvalue weighted by Crippen LogP contribution is 2.43. The van der Waals surface area contributed by atoms with Crippen molar-refractivity contribution in [3.8, 4) is 45.4 Å². The van der Waals surface area contributed by atoms with Crippen molar-refractivity contribution in [1.82, 2.24) is 24.1 Å². The lowest BCUT2D eigenvalue weighted by molar-refractivity contribution is 0.669. The van der Waals surface area contributed by atoms with Crippen molar-refractivity contribution in [2.24, 2.45) is 0 Å². The second-order valence-corrected chi connectivity index (χ2v) is 15.6. The van der Waals surface area contributed by atoms with Gasteiger partial charge in [0, 0.05) is 48.8 Å². The molecule has 0 atom stereocenters. The number of nitrogens with zero attached hydrogens (tertiary/aromatic N) is 5. The van der Waals surface area contributed by atoms with Gasteiger partial charge in [-0.05, 0) is 65.7 Å². The van der Waals surface area contributed by atoms with Crippen LogP contribution >= 0.6 is 0 Å². The summed E-state index contributed by atoms with van der Waals surface area (Å²) in [7, 11) is 0. The molecule has 0 bridgehead atoms. The number of aromatic nitrogens is 5. The quantitative estimate of drug-likeness (QED) is 0.175. The van der Waals surface area contributed by atoms with Crippen molar-refractivity contribution in [3.05, 3.63) is 200 Å². The number of hydrogen-bond acceptors (Lipinski definition) is 4. The first-order valence-corrected chi connectivity index (χ1v) is 20.5. The number of rotatable bonds is 5. The van der Waals surface area contributed by atoms with Gasteiger partial charge in [0.15, 0.2) is 0 Å². The Morgan fingerprint density at radius 1 is 0.361 bits per heavy atom. The number of para-hydroxylation sites is 4. The third-order valence-electron chi connectivity index (χ3n) is 12.1. The van der Waals surface area contributed by atoms with Gasteiger partial charge in [0.25, 0.3) is 0 Å². The van der Waals surface area contributed by atoms with E-state index < -0.39 is 0 Å². The summed E-state index contributed by atoms with van der Waals surface area (Å²) >= 11 is 0. The minimum absolute atomic E-state index is 0.601. The SMILES string of the molecule is c1ccc(-c2cc(-c3ccccc3)nc(-n3c4ccccc4c4c3ccc3c5ccccc5n(-c5nc(-c6ccc7c(c6)oc6ccccc67)c6ccccc6n5)c34)c2)cc1. The predicted octanol–water partition coefficient (Wildman–Crippen LogP) is 14.1. The molecular formula is C55H33N5O. The largest absolute Gasteiger partial charge is 0.456 e. The van der Waals surface area contributed by atoms with E-state index in [0.29, 0.717) is 5.95 Å². The van der Waals surface area contributed by atoms with E-state index in [1.165, 1.54) is 0 Å². The highest BCUT2D eigenvalue weighted by Gasteiger charge is 2.24. The van der Waals surface area contributed by atoms with Crippen molar-refractivity contribution >= 4 is 76.5 Å². The van der Waals surface area contributed by atoms with E-state index in [2.05, 4.69) is 185 Å². The van der Waals surface area contributed by atoms with E-state index in [0.717, 1.165) is 116 Å². The summed E-state index contributed by atoms with van der Waals surface area (Å²) in [4.78, 5) is 16.3. The Hall–Kier alpha value is -8.35. The Kier molecular flexibility index (Phi) is 7.21. The third-order valence-corrected chi connectivity index (χ3v) is 12.1. The van der Waals surface area contributed by atoms with Crippen molar-refractivity contribution < 1.29 is 4.42 Å². The molecule has 0 unspecified atom stereocenters. The Bertz CT molecular complexity index is 3820. The molecule has 6 heteroatoms. The van der Waals surface area contributed by atoms with Crippen LogP contribution in [0.1, 0.15) is 0 Å². The number of pyridine rings is 1. The zero-order valence-corrected chi connectivity index (χ0v) is 32.7. The lowest BCUT2D eigenvalue weighted by Gasteiger charge is -2.13. The molecule has 0 N–H and O–H groups in total. The van der Waals surface area contributed by atoms with Crippen LogP contribution in [0.2, 0.25) is 0 Å². The van der Waals surface area contributed by atoms with Crippen LogP contribution < -0.4 is 0 Å². The fraction of sp³-hybridized carbons (Fsp3) is 0. The zero-order valence-electron chi connectivity index (χ0n) is 32.7. The van der Waals surface area contributed by atoms with Crippen LogP contribution in [0.15, 0.2) is 205 Å². The maximum atomic E-state index is 6.38. The summed E-state index contributed by atoms with van der Waals surface area (Å²) in [6.45, 7) is 0. The molecule has 8 aromatic carbocycles. The molecule has 0 amide bonds. The zero-order chi connectivity index (χ0) is 40.0. The van der Waals surface area contributed by atoms with E-state index >= 15 is 0 Å². The molecule has 5 aromatic heterocycles. The number of benzene rings is 8. The fourth-order valence-corrected chi connectivity index (χ4v) is 9.41. The molecule has 0 aliphatic carbocycles. The molecule has 0 saturated carbocycles. The van der Waals surface area contributed by atoms with Gasteiger partial charge in [0.2, 0.25) is 5.95 Å². The van der Waals surface area contributed by atoms with Crippen molar-refractivity contribution in [3.63, 3.8) is 0 Å². The molecular weight excluding hydrogens is 747 g/mol. The van der Waals surface area contributed by atoms with Gasteiger partial charge in [-0.3, -0.25) is 9.13 Å². The van der Waals surface area contributed by atoms with Crippen LogP contribution in [0.3, 0.4) is 0 Å². The molecule has 284 valence electrons. The standard InChI is InChI=1S/C55H33N5O/c1-3-15-34(16-4-1)37-31-45(35-17-5-2-6-18-35)56-51(33-37)59-47-25-13-9-22-43(47)52-48(59)30-29-41-38-19-8-12-24-46(38)60(54(41)52)55-57-44-23-11-7-21-42(44)53(58-55)36-27-28-40-39-20-10-14-26-49(39)61-50(40)32-36/h1-33H. The van der Waals surface area contributed by atoms with Crippen LogP contribution in [0, 0.1) is 0 Å². The van der Waals surface area contributed by atoms with Crippen molar-refractivity contribution in [2.75, 3.05) is 0 Å². The first kappa shape index (κ1) is 33.6. The summed E-state index contributed by atoms with van der Waals surface area (Å²) in [5.41, 5.74) is 12.8. The van der Waals surface area contributed by atoms with Gasteiger partial charge in [-0.2, -0.15) is 0 Å². The van der Waals surface area contributed by atoms with Gasteiger partial charge >= 0.3 is 0 Å². The van der Waals surface area contributed by atoms with Gasteiger partial charge in [0.05, 0.1) is 39.0 Å². The van der Waals surface area contributed by atoms with Crippen molar-refractivity contribution in [1.29, 1.82) is 0 Å². The number of fused-ring (bicyclic) bond motifs is 11. The van der Waals surface area contributed by atoms with Gasteiger partial charge < -0.3 is 4.42 Å². The summed E-state index contributed by atoms with van der Waals surface area (Å²) in [6.07, 6.45) is 0. The second kappa shape index (κ2) is 13.1. The molecule has 5 heterocycles. The Balaban J connectivity index is 1.11. The molecule has 61 heavy (non-hydrogen) atoms. The van der Waals surface area contributed by atoms with Crippen molar-refractivity contribution in [2.45, 2.75) is 0 Å². The maximum Gasteiger partial charge on any atom is 0.235 e. The normalized spacial score (nSPS) is 11.9. The monoisotopic (exact) mass is 779 g/mol. The van der Waals surface area contributed by atoms with E-state index in [-0.39, 0.29) is 0 Å². The van der Waals surface area contributed by atoms with Gasteiger partial charge in [-0.15, -0.1) is 0 Å².